The highest BCUT2D eigenvalue weighted by Gasteiger charge is 2.50. The minimum absolute atomic E-state index is 0.0408. The van der Waals surface area contributed by atoms with Crippen LogP contribution in [0.4, 0.5) is 4.39 Å². The van der Waals surface area contributed by atoms with Crippen LogP contribution in [0.15, 0.2) is 48.7 Å². The van der Waals surface area contributed by atoms with Crippen LogP contribution in [-0.2, 0) is 11.2 Å². The zero-order valence-electron chi connectivity index (χ0n) is 27.7. The van der Waals surface area contributed by atoms with E-state index in [2.05, 4.69) is 39.1 Å². The minimum Gasteiger partial charge on any atom is -0.337 e. The van der Waals surface area contributed by atoms with E-state index in [1.165, 1.54) is 0 Å². The van der Waals surface area contributed by atoms with E-state index in [0.717, 1.165) is 113 Å². The van der Waals surface area contributed by atoms with Gasteiger partial charge in [-0.05, 0) is 105 Å². The van der Waals surface area contributed by atoms with Crippen molar-refractivity contribution in [2.24, 2.45) is 5.92 Å². The second-order valence-electron chi connectivity index (χ2n) is 14.5. The quantitative estimate of drug-likeness (QED) is 0.217. The zero-order valence-corrected chi connectivity index (χ0v) is 27.7. The van der Waals surface area contributed by atoms with Crippen molar-refractivity contribution in [1.29, 1.82) is 5.26 Å². The number of nitrogens with one attached hydrogen (secondary N) is 1. The lowest BCUT2D eigenvalue weighted by molar-refractivity contribution is -0.129. The van der Waals surface area contributed by atoms with E-state index >= 15 is 4.39 Å². The number of benzene rings is 2. The molecule has 5 aliphatic rings. The van der Waals surface area contributed by atoms with Gasteiger partial charge in [0.15, 0.2) is 5.82 Å². The van der Waals surface area contributed by atoms with Crippen LogP contribution in [0.1, 0.15) is 85.1 Å². The summed E-state index contributed by atoms with van der Waals surface area (Å²) in [6, 6.07) is 17.5. The number of pyridine rings is 2. The van der Waals surface area contributed by atoms with Crippen molar-refractivity contribution in [2.45, 2.75) is 83.3 Å². The molecule has 1 saturated carbocycles. The molecule has 2 aromatic carbocycles. The molecule has 3 saturated heterocycles. The van der Waals surface area contributed by atoms with Crippen molar-refractivity contribution in [2.75, 3.05) is 13.1 Å². The maximum absolute atomic E-state index is 17.6. The Morgan fingerprint density at radius 3 is 2.73 bits per heavy atom. The summed E-state index contributed by atoms with van der Waals surface area (Å²) in [7, 11) is 0. The molecule has 0 spiro atoms. The largest absolute Gasteiger partial charge is 0.337 e. The number of amides is 1. The first-order chi connectivity index (χ1) is 23.3. The standard InChI is InChI=1S/C40H39FN6O/c1-21-15-29-38(36(41)34(21)28-10-5-8-24-7-4-9-26(19-42)35(24)28)45-37(25-12-13-43-22(2)16-25)30-18-33(32-11-6-14-46(32)23(3)48)47(40(29)30)39-27-17-31(39)44-20-27/h5,8,10,12-13,15-16,18,26-27,31-32,39,44H,4,6-7,9,11,14,17,20H2,1-3H3/t26?,27-,31-,32?,39+/m1/s1. The van der Waals surface area contributed by atoms with Crippen molar-refractivity contribution in [3.8, 4) is 28.5 Å². The first kappa shape index (κ1) is 29.5. The van der Waals surface area contributed by atoms with Gasteiger partial charge in [0.25, 0.3) is 0 Å². The number of likely N-dealkylation sites (tertiary alicyclic amines) is 1. The SMILES string of the molecule is CC(=O)N1CCCC1c1cc2c(-c3ccnc(C)c3)nc3c(F)c(-c4cccc5c4C(C#N)CCC5)c(C)cc3c2n1[C@H]1[C@H]2CN[C@@H]1C2. The summed E-state index contributed by atoms with van der Waals surface area (Å²) in [5.41, 5.74) is 9.23. The number of carbonyl (C=O) groups excluding carboxylic acids is 1. The molecule has 1 N–H and O–H groups in total. The normalized spacial score (nSPS) is 24.6. The molecule has 1 amide bonds. The molecule has 5 atom stereocenters. The number of nitrogens with zero attached hydrogens (tertiary/aromatic N) is 5. The fraction of sp³-hybridized carbons (Fsp3) is 0.400. The molecule has 8 heteroatoms. The Hall–Kier alpha value is -4.61. The molecule has 242 valence electrons. The van der Waals surface area contributed by atoms with E-state index in [9.17, 15) is 10.1 Å². The Labute approximate surface area is 279 Å². The van der Waals surface area contributed by atoms with Gasteiger partial charge in [0.2, 0.25) is 5.91 Å². The zero-order chi connectivity index (χ0) is 32.8. The van der Waals surface area contributed by atoms with Gasteiger partial charge in [0, 0.05) is 65.5 Å². The van der Waals surface area contributed by atoms with Crippen molar-refractivity contribution in [3.05, 3.63) is 82.6 Å². The van der Waals surface area contributed by atoms with Gasteiger partial charge < -0.3 is 14.8 Å². The van der Waals surface area contributed by atoms with E-state index in [-0.39, 0.29) is 29.7 Å². The highest BCUT2D eigenvalue weighted by Crippen LogP contribution is 2.51. The lowest BCUT2D eigenvalue weighted by Crippen LogP contribution is -2.40. The second-order valence-corrected chi connectivity index (χ2v) is 14.5. The summed E-state index contributed by atoms with van der Waals surface area (Å²) < 4.78 is 20.0. The first-order valence-electron chi connectivity index (χ1n) is 17.5. The predicted octanol–water partition coefficient (Wildman–Crippen LogP) is 7.83. The van der Waals surface area contributed by atoms with Crippen LogP contribution in [0, 0.1) is 36.9 Å². The topological polar surface area (TPSA) is 86.8 Å². The molecule has 48 heavy (non-hydrogen) atoms. The number of fused-ring (bicyclic) bond motifs is 5. The number of halogens is 1. The fourth-order valence-electron chi connectivity index (χ4n) is 9.57. The summed E-state index contributed by atoms with van der Waals surface area (Å²) in [5, 5.41) is 15.6. The molecule has 3 aliphatic heterocycles. The van der Waals surface area contributed by atoms with Gasteiger partial charge in [-0.3, -0.25) is 9.78 Å². The second kappa shape index (κ2) is 11.0. The summed E-state index contributed by atoms with van der Waals surface area (Å²) >= 11 is 0. The van der Waals surface area contributed by atoms with Gasteiger partial charge in [0.05, 0.1) is 35.3 Å². The molecule has 2 bridgehead atoms. The maximum Gasteiger partial charge on any atom is 0.220 e. The average Bonchev–Trinajstić information content (AvgIpc) is 3.89. The van der Waals surface area contributed by atoms with Crippen LogP contribution >= 0.6 is 0 Å². The third-order valence-corrected chi connectivity index (χ3v) is 11.7. The molecule has 0 radical (unpaired) electrons. The van der Waals surface area contributed by atoms with E-state index in [0.29, 0.717) is 23.0 Å². The minimum atomic E-state index is -0.343. The number of nitriles is 1. The van der Waals surface area contributed by atoms with E-state index in [4.69, 9.17) is 4.98 Å². The van der Waals surface area contributed by atoms with Gasteiger partial charge in [-0.2, -0.15) is 5.26 Å². The summed E-state index contributed by atoms with van der Waals surface area (Å²) in [6.45, 7) is 7.33. The number of aryl methyl sites for hydroxylation is 3. The molecule has 7 nitrogen and oxygen atoms in total. The number of hydrogen-bond donors (Lipinski definition) is 1. The molecule has 4 fully saturated rings. The molecule has 2 unspecified atom stereocenters. The van der Waals surface area contributed by atoms with Gasteiger partial charge in [0.1, 0.15) is 5.52 Å². The number of aromatic nitrogens is 3. The highest BCUT2D eigenvalue weighted by molar-refractivity contribution is 6.11. The van der Waals surface area contributed by atoms with Crippen molar-refractivity contribution in [3.63, 3.8) is 0 Å². The summed E-state index contributed by atoms with van der Waals surface area (Å²) in [6.07, 6.45) is 7.41. The number of hydrogen-bond acceptors (Lipinski definition) is 5. The number of rotatable bonds is 4. The Bertz CT molecular complexity index is 2200. The Morgan fingerprint density at radius 2 is 1.98 bits per heavy atom. The molecule has 5 aromatic rings. The summed E-state index contributed by atoms with van der Waals surface area (Å²) in [4.78, 5) is 24.6. The van der Waals surface area contributed by atoms with Crippen LogP contribution in [0.2, 0.25) is 0 Å². The lowest BCUT2D eigenvalue weighted by atomic mass is 9.78. The van der Waals surface area contributed by atoms with Crippen LogP contribution in [-0.4, -0.2) is 44.5 Å². The number of carbonyl (C=O) groups is 1. The Morgan fingerprint density at radius 1 is 1.10 bits per heavy atom. The van der Waals surface area contributed by atoms with E-state index < -0.39 is 0 Å². The molecular formula is C40H39FN6O. The molecule has 2 aliphatic carbocycles. The van der Waals surface area contributed by atoms with Crippen LogP contribution < -0.4 is 5.32 Å². The van der Waals surface area contributed by atoms with Gasteiger partial charge in [-0.25, -0.2) is 9.37 Å². The Kier molecular flexibility index (Phi) is 6.74. The lowest BCUT2D eigenvalue weighted by Gasteiger charge is -2.39. The van der Waals surface area contributed by atoms with E-state index in [1.807, 2.05) is 43.0 Å². The predicted molar refractivity (Wildman–Crippen MR) is 185 cm³/mol. The van der Waals surface area contributed by atoms with Crippen LogP contribution in [0.3, 0.4) is 0 Å². The maximum atomic E-state index is 17.6. The third-order valence-electron chi connectivity index (χ3n) is 11.7. The van der Waals surface area contributed by atoms with E-state index in [1.54, 1.807) is 13.1 Å². The van der Waals surface area contributed by atoms with Crippen molar-refractivity contribution in [1.82, 2.24) is 24.8 Å². The fourth-order valence-corrected chi connectivity index (χ4v) is 9.57. The third kappa shape index (κ3) is 4.23. The molecule has 3 aromatic heterocycles. The Balaban J connectivity index is 1.39. The summed E-state index contributed by atoms with van der Waals surface area (Å²) in [5.74, 6) is -0.0344. The molecule has 6 heterocycles. The van der Waals surface area contributed by atoms with Gasteiger partial charge >= 0.3 is 0 Å². The molecule has 10 rings (SSSR count). The molecular weight excluding hydrogens is 599 g/mol. The smallest absolute Gasteiger partial charge is 0.220 e. The van der Waals surface area contributed by atoms with Crippen molar-refractivity contribution >= 4 is 27.7 Å². The van der Waals surface area contributed by atoms with Crippen LogP contribution in [0.25, 0.3) is 44.2 Å². The average molecular weight is 639 g/mol. The monoisotopic (exact) mass is 638 g/mol. The van der Waals surface area contributed by atoms with Crippen molar-refractivity contribution < 1.29 is 9.18 Å². The first-order valence-corrected chi connectivity index (χ1v) is 17.5. The van der Waals surface area contributed by atoms with Crippen LogP contribution in [0.5, 0.6) is 0 Å². The van der Waals surface area contributed by atoms with Gasteiger partial charge in [-0.15, -0.1) is 0 Å². The highest BCUT2D eigenvalue weighted by atomic mass is 19.1. The van der Waals surface area contributed by atoms with Gasteiger partial charge in [-0.1, -0.05) is 18.2 Å².